The van der Waals surface area contributed by atoms with E-state index in [2.05, 4.69) is 35.6 Å². The van der Waals surface area contributed by atoms with E-state index in [1.165, 1.54) is 21.3 Å². The summed E-state index contributed by atoms with van der Waals surface area (Å²) in [5, 5.41) is 11.7. The zero-order chi connectivity index (χ0) is 29.4. The van der Waals surface area contributed by atoms with Crippen molar-refractivity contribution in [2.75, 3.05) is 31.6 Å². The molecule has 5 rings (SSSR count). The Morgan fingerprint density at radius 1 is 1.15 bits per heavy atom. The maximum Gasteiger partial charge on any atom is 0.332 e. The first-order chi connectivity index (χ1) is 19.6. The molecule has 8 nitrogen and oxygen atoms in total. The van der Waals surface area contributed by atoms with Gasteiger partial charge in [-0.1, -0.05) is 24.6 Å². The van der Waals surface area contributed by atoms with Gasteiger partial charge in [0.15, 0.2) is 0 Å². The summed E-state index contributed by atoms with van der Waals surface area (Å²) in [5.74, 6) is -0.126. The molecular weight excluding hydrogens is 545 g/mol. The molecule has 2 aromatic heterocycles. The highest BCUT2D eigenvalue weighted by Crippen LogP contribution is 2.42. The predicted molar refractivity (Wildman–Crippen MR) is 161 cm³/mol. The molecule has 1 fully saturated rings. The topological polar surface area (TPSA) is 75.8 Å². The summed E-state index contributed by atoms with van der Waals surface area (Å²) in [5.41, 5.74) is 2.72. The third-order valence-electron chi connectivity index (χ3n) is 7.88. The van der Waals surface area contributed by atoms with Crippen molar-refractivity contribution in [1.82, 2.24) is 19.0 Å². The molecule has 1 aliphatic heterocycles. The molecule has 0 unspecified atom stereocenters. The summed E-state index contributed by atoms with van der Waals surface area (Å²) in [4.78, 5) is 21.6. The van der Waals surface area contributed by atoms with Gasteiger partial charge in [-0.3, -0.25) is 9.47 Å². The minimum absolute atomic E-state index is 0.0960. The molecule has 0 aliphatic carbocycles. The molecule has 3 heterocycles. The highest BCUT2D eigenvalue weighted by atomic mass is 35.5. The Morgan fingerprint density at radius 2 is 1.88 bits per heavy atom. The van der Waals surface area contributed by atoms with Gasteiger partial charge >= 0.3 is 5.69 Å². The number of aromatic hydroxyl groups is 1. The van der Waals surface area contributed by atoms with Crippen LogP contribution in [0.2, 0.25) is 5.02 Å². The fourth-order valence-electron chi connectivity index (χ4n) is 5.80. The van der Waals surface area contributed by atoms with Crippen LogP contribution in [0, 0.1) is 5.82 Å². The van der Waals surface area contributed by atoms with Gasteiger partial charge < -0.3 is 19.3 Å². The number of ether oxygens (including phenoxy) is 1. The lowest BCUT2D eigenvalue weighted by molar-refractivity contribution is 0.174. The Morgan fingerprint density at radius 3 is 2.49 bits per heavy atom. The van der Waals surface area contributed by atoms with Crippen molar-refractivity contribution < 1.29 is 14.2 Å². The van der Waals surface area contributed by atoms with Crippen molar-refractivity contribution in [3.05, 3.63) is 76.3 Å². The Hall–Kier alpha value is -3.82. The number of likely N-dealkylation sites (N-methyl/N-ethyl adjacent to an activating group) is 1. The number of phenolic OH excluding ortho intramolecular Hbond substituents is 1. The van der Waals surface area contributed by atoms with E-state index in [-0.39, 0.29) is 17.0 Å². The van der Waals surface area contributed by atoms with Crippen LogP contribution in [0.1, 0.15) is 27.2 Å². The van der Waals surface area contributed by atoms with Gasteiger partial charge in [0.05, 0.1) is 17.8 Å². The molecule has 216 valence electrons. The number of anilines is 1. The van der Waals surface area contributed by atoms with Crippen molar-refractivity contribution in [2.45, 2.75) is 39.3 Å². The molecule has 2 aromatic carbocycles. The summed E-state index contributed by atoms with van der Waals surface area (Å²) in [6.07, 6.45) is 5.86. The predicted octanol–water partition coefficient (Wildman–Crippen LogP) is 5.72. The van der Waals surface area contributed by atoms with Crippen molar-refractivity contribution in [2.24, 2.45) is 7.05 Å². The number of hydrogen-bond donors (Lipinski definition) is 1. The van der Waals surface area contributed by atoms with Gasteiger partial charge in [-0.25, -0.2) is 14.2 Å². The first-order valence-electron chi connectivity index (χ1n) is 13.7. The first kappa shape index (κ1) is 28.7. The average molecular weight is 580 g/mol. The molecule has 0 saturated carbocycles. The van der Waals surface area contributed by atoms with Crippen LogP contribution < -0.4 is 15.3 Å². The number of hydrogen-bond acceptors (Lipinski definition) is 6. The number of imidazole rings is 1. The van der Waals surface area contributed by atoms with Gasteiger partial charge in [-0.15, -0.1) is 0 Å². The fraction of sp³-hybridized carbons (Fsp3) is 0.355. The average Bonchev–Trinajstić information content (AvgIpc) is 3.56. The molecule has 0 spiro atoms. The zero-order valence-electron chi connectivity index (χ0n) is 23.9. The van der Waals surface area contributed by atoms with Gasteiger partial charge in [-0.05, 0) is 62.7 Å². The van der Waals surface area contributed by atoms with E-state index in [1.807, 2.05) is 6.07 Å². The van der Waals surface area contributed by atoms with Crippen LogP contribution in [0.5, 0.6) is 11.6 Å². The molecule has 0 amide bonds. The van der Waals surface area contributed by atoms with Crippen LogP contribution in [-0.2, 0) is 7.05 Å². The lowest BCUT2D eigenvalue weighted by Gasteiger charge is -2.31. The standard InChI is InChI=1S/C31H35ClFN5O3/c1-6-37(19(2)3)23-9-10-36(18-23)28-14-21(17-34-30(28)41-5)25-16-22(33)15-24(29(25)39)20-7-8-27(26(32)13-20)38-12-11-35(4)31(38)40/h7-8,11-17,19,23,39H,6,9-10,18H2,1-5H3/t23-/m1/s1. The van der Waals surface area contributed by atoms with E-state index in [0.717, 1.165) is 31.7 Å². The summed E-state index contributed by atoms with van der Waals surface area (Å²) in [7, 11) is 3.24. The number of aryl methyl sites for hydroxylation is 1. The second-order valence-electron chi connectivity index (χ2n) is 10.6. The second kappa shape index (κ2) is 11.6. The quantitative estimate of drug-likeness (QED) is 0.288. The Kier molecular flexibility index (Phi) is 8.11. The Bertz CT molecular complexity index is 1630. The number of methoxy groups -OCH3 is 1. The lowest BCUT2D eigenvalue weighted by atomic mass is 9.97. The van der Waals surface area contributed by atoms with E-state index >= 15 is 4.39 Å². The first-order valence-corrected chi connectivity index (χ1v) is 14.1. The van der Waals surface area contributed by atoms with Gasteiger partial charge in [-0.2, -0.15) is 0 Å². The molecule has 0 radical (unpaired) electrons. The van der Waals surface area contributed by atoms with Crippen LogP contribution in [0.25, 0.3) is 27.9 Å². The van der Waals surface area contributed by atoms with E-state index < -0.39 is 5.82 Å². The van der Waals surface area contributed by atoms with Gasteiger partial charge in [0.25, 0.3) is 0 Å². The van der Waals surface area contributed by atoms with Gasteiger partial charge in [0, 0.05) is 67.5 Å². The van der Waals surface area contributed by atoms with Crippen LogP contribution in [0.15, 0.2) is 59.8 Å². The molecular formula is C31H35ClFN5O3. The van der Waals surface area contributed by atoms with Crippen LogP contribution in [0.3, 0.4) is 0 Å². The molecule has 1 atom stereocenters. The van der Waals surface area contributed by atoms with E-state index in [0.29, 0.717) is 45.4 Å². The van der Waals surface area contributed by atoms with Crippen LogP contribution in [0.4, 0.5) is 10.1 Å². The molecule has 4 aromatic rings. The third-order valence-corrected chi connectivity index (χ3v) is 8.18. The molecule has 1 aliphatic rings. The highest BCUT2D eigenvalue weighted by Gasteiger charge is 2.30. The highest BCUT2D eigenvalue weighted by molar-refractivity contribution is 6.32. The monoisotopic (exact) mass is 579 g/mol. The van der Waals surface area contributed by atoms with Crippen molar-refractivity contribution >= 4 is 17.3 Å². The number of benzene rings is 2. The SMILES string of the molecule is CCN(C(C)C)[C@@H]1CCN(c2cc(-c3cc(F)cc(-c4ccc(-n5ccn(C)c5=O)c(Cl)c4)c3O)cnc2OC)C1. The summed E-state index contributed by atoms with van der Waals surface area (Å²) >= 11 is 6.56. The summed E-state index contributed by atoms with van der Waals surface area (Å²) in [6, 6.07) is 10.3. The molecule has 1 N–H and O–H groups in total. The number of rotatable bonds is 8. The van der Waals surface area contributed by atoms with Crippen molar-refractivity contribution in [3.8, 4) is 39.6 Å². The van der Waals surface area contributed by atoms with Crippen LogP contribution >= 0.6 is 11.6 Å². The van der Waals surface area contributed by atoms with Crippen molar-refractivity contribution in [3.63, 3.8) is 0 Å². The Labute approximate surface area is 244 Å². The summed E-state index contributed by atoms with van der Waals surface area (Å²) < 4.78 is 23.5. The number of pyridine rings is 1. The molecule has 1 saturated heterocycles. The number of nitrogens with zero attached hydrogens (tertiary/aromatic N) is 5. The van der Waals surface area contributed by atoms with E-state index in [1.54, 1.807) is 50.9 Å². The van der Waals surface area contributed by atoms with Crippen molar-refractivity contribution in [1.29, 1.82) is 0 Å². The minimum Gasteiger partial charge on any atom is -0.507 e. The summed E-state index contributed by atoms with van der Waals surface area (Å²) in [6.45, 7) is 9.23. The molecule has 41 heavy (non-hydrogen) atoms. The maximum atomic E-state index is 15.0. The third kappa shape index (κ3) is 5.44. The van der Waals surface area contributed by atoms with Crippen LogP contribution in [-0.4, -0.2) is 63.0 Å². The zero-order valence-corrected chi connectivity index (χ0v) is 24.7. The Balaban J connectivity index is 1.52. The smallest absolute Gasteiger partial charge is 0.332 e. The minimum atomic E-state index is -0.513. The fourth-order valence-corrected chi connectivity index (χ4v) is 6.08. The number of halogens is 2. The molecule has 10 heteroatoms. The maximum absolute atomic E-state index is 15.0. The number of aromatic nitrogens is 3. The normalized spacial score (nSPS) is 15.3. The van der Waals surface area contributed by atoms with Gasteiger partial charge in [0.2, 0.25) is 5.88 Å². The number of phenols is 1. The molecule has 0 bridgehead atoms. The largest absolute Gasteiger partial charge is 0.507 e. The van der Waals surface area contributed by atoms with Gasteiger partial charge in [0.1, 0.15) is 17.3 Å². The van der Waals surface area contributed by atoms with E-state index in [9.17, 15) is 9.90 Å². The lowest BCUT2D eigenvalue weighted by Crippen LogP contribution is -2.42. The second-order valence-corrected chi connectivity index (χ2v) is 11.0. The van der Waals surface area contributed by atoms with E-state index in [4.69, 9.17) is 16.3 Å².